The number of nitriles is 1. The van der Waals surface area contributed by atoms with Crippen molar-refractivity contribution >= 4 is 33.7 Å². The lowest BCUT2D eigenvalue weighted by molar-refractivity contribution is -0.139. The van der Waals surface area contributed by atoms with Crippen LogP contribution in [0.3, 0.4) is 0 Å². The second-order valence-corrected chi connectivity index (χ2v) is 9.31. The molecule has 0 bridgehead atoms. The highest BCUT2D eigenvalue weighted by Crippen LogP contribution is 2.23. The van der Waals surface area contributed by atoms with Gasteiger partial charge in [-0.2, -0.15) is 9.57 Å². The Bertz CT molecular complexity index is 1190. The average molecular weight is 470 g/mol. The summed E-state index contributed by atoms with van der Waals surface area (Å²) < 4.78 is 32.2. The van der Waals surface area contributed by atoms with Gasteiger partial charge in [-0.25, -0.2) is 13.2 Å². The number of sulfonamides is 1. The number of nitrogens with zero attached hydrogens (tertiary/aromatic N) is 2. The molecule has 1 fully saturated rings. The second-order valence-electron chi connectivity index (χ2n) is 7.37. The number of amides is 1. The highest BCUT2D eigenvalue weighted by Gasteiger charge is 2.26. The minimum absolute atomic E-state index is 0.0848. The van der Waals surface area contributed by atoms with Crippen molar-refractivity contribution in [1.82, 2.24) is 4.31 Å². The number of hydrogen-bond acceptors (Lipinski definition) is 6. The lowest BCUT2D eigenvalue weighted by Crippen LogP contribution is -2.35. The lowest BCUT2D eigenvalue weighted by Gasteiger charge is -2.26. The summed E-state index contributed by atoms with van der Waals surface area (Å²) in [5.41, 5.74) is 0.612. The van der Waals surface area contributed by atoms with Gasteiger partial charge in [0.2, 0.25) is 10.0 Å². The Labute approximate surface area is 192 Å². The first-order chi connectivity index (χ1) is 15.8. The van der Waals surface area contributed by atoms with Crippen molar-refractivity contribution in [1.29, 1.82) is 5.26 Å². The third-order valence-electron chi connectivity index (χ3n) is 4.96. The topological polar surface area (TPSA) is 137 Å². The van der Waals surface area contributed by atoms with Crippen molar-refractivity contribution < 1.29 is 27.9 Å². The predicted molar refractivity (Wildman–Crippen MR) is 121 cm³/mol. The van der Waals surface area contributed by atoms with Gasteiger partial charge in [0.25, 0.3) is 5.91 Å². The van der Waals surface area contributed by atoms with E-state index in [9.17, 15) is 23.3 Å². The molecule has 172 valence electrons. The molecular weight excluding hydrogens is 446 g/mol. The molecule has 1 amide bonds. The molecule has 10 heteroatoms. The summed E-state index contributed by atoms with van der Waals surface area (Å²) in [5, 5.41) is 20.6. The maximum absolute atomic E-state index is 12.9. The van der Waals surface area contributed by atoms with Crippen LogP contribution in [-0.4, -0.2) is 49.4 Å². The number of nitrogens with one attached hydrogen (secondary N) is 1. The number of aliphatic carboxylic acids is 1. The first-order valence-corrected chi connectivity index (χ1v) is 11.7. The van der Waals surface area contributed by atoms with Crippen LogP contribution in [0.25, 0.3) is 6.08 Å². The van der Waals surface area contributed by atoms with Gasteiger partial charge in [0.1, 0.15) is 17.4 Å². The van der Waals surface area contributed by atoms with Crippen LogP contribution in [0.2, 0.25) is 0 Å². The molecule has 0 aliphatic carbocycles. The summed E-state index contributed by atoms with van der Waals surface area (Å²) in [6.07, 6.45) is 4.01. The third kappa shape index (κ3) is 6.41. The number of ether oxygens (including phenoxy) is 1. The van der Waals surface area contributed by atoms with E-state index in [2.05, 4.69) is 5.32 Å². The zero-order valence-electron chi connectivity index (χ0n) is 17.7. The molecule has 1 aliphatic heterocycles. The second kappa shape index (κ2) is 10.8. The Morgan fingerprint density at radius 3 is 2.45 bits per heavy atom. The molecule has 0 radical (unpaired) electrons. The minimum Gasteiger partial charge on any atom is -0.482 e. The smallest absolute Gasteiger partial charge is 0.341 e. The molecule has 0 spiro atoms. The van der Waals surface area contributed by atoms with Gasteiger partial charge in [0.15, 0.2) is 6.61 Å². The Kier molecular flexibility index (Phi) is 7.82. The van der Waals surface area contributed by atoms with Crippen LogP contribution in [0, 0.1) is 11.3 Å². The van der Waals surface area contributed by atoms with Crippen molar-refractivity contribution in [3.05, 3.63) is 59.7 Å². The number of piperidine rings is 1. The first kappa shape index (κ1) is 24.0. The van der Waals surface area contributed by atoms with Crippen LogP contribution in [0.1, 0.15) is 24.8 Å². The minimum atomic E-state index is -3.66. The molecule has 9 nitrogen and oxygen atoms in total. The monoisotopic (exact) mass is 469 g/mol. The summed E-state index contributed by atoms with van der Waals surface area (Å²) >= 11 is 0. The van der Waals surface area contributed by atoms with Gasteiger partial charge in [-0.1, -0.05) is 24.6 Å². The molecule has 1 heterocycles. The molecule has 2 aromatic rings. The molecule has 0 saturated carbocycles. The van der Waals surface area contributed by atoms with Gasteiger partial charge in [0, 0.05) is 18.8 Å². The third-order valence-corrected chi connectivity index (χ3v) is 6.86. The maximum Gasteiger partial charge on any atom is 0.341 e. The van der Waals surface area contributed by atoms with Gasteiger partial charge in [0.05, 0.1) is 4.90 Å². The van der Waals surface area contributed by atoms with E-state index in [1.165, 1.54) is 40.7 Å². The number of carbonyl (C=O) groups excluding carboxylic acids is 1. The lowest BCUT2D eigenvalue weighted by atomic mass is 10.1. The van der Waals surface area contributed by atoms with Gasteiger partial charge in [-0.15, -0.1) is 0 Å². The Morgan fingerprint density at radius 1 is 1.12 bits per heavy atom. The highest BCUT2D eigenvalue weighted by molar-refractivity contribution is 7.89. The number of carboxylic acids is 1. The zero-order valence-corrected chi connectivity index (χ0v) is 18.5. The molecular formula is C23H23N3O6S. The van der Waals surface area contributed by atoms with E-state index < -0.39 is 28.5 Å². The van der Waals surface area contributed by atoms with Crippen molar-refractivity contribution in [2.45, 2.75) is 24.2 Å². The average Bonchev–Trinajstić information content (AvgIpc) is 2.82. The van der Waals surface area contributed by atoms with E-state index in [1.807, 2.05) is 6.07 Å². The highest BCUT2D eigenvalue weighted by atomic mass is 32.2. The Hall–Kier alpha value is -3.68. The molecule has 1 saturated heterocycles. The Balaban J connectivity index is 1.72. The Morgan fingerprint density at radius 2 is 1.82 bits per heavy atom. The van der Waals surface area contributed by atoms with Crippen molar-refractivity contribution in [3.8, 4) is 11.8 Å². The molecule has 0 atom stereocenters. The van der Waals surface area contributed by atoms with Crippen LogP contribution in [0.15, 0.2) is 59.0 Å². The molecule has 1 aliphatic rings. The normalized spacial score (nSPS) is 14.8. The largest absolute Gasteiger partial charge is 0.482 e. The number of hydrogen-bond donors (Lipinski definition) is 2. The summed E-state index contributed by atoms with van der Waals surface area (Å²) in [4.78, 5) is 23.2. The van der Waals surface area contributed by atoms with Gasteiger partial charge in [-0.05, 0) is 54.8 Å². The van der Waals surface area contributed by atoms with E-state index in [4.69, 9.17) is 9.84 Å². The van der Waals surface area contributed by atoms with E-state index in [1.54, 1.807) is 18.2 Å². The molecule has 2 N–H and O–H groups in total. The van der Waals surface area contributed by atoms with Gasteiger partial charge >= 0.3 is 5.97 Å². The van der Waals surface area contributed by atoms with E-state index >= 15 is 0 Å². The zero-order chi connectivity index (χ0) is 23.8. The molecule has 3 rings (SSSR count). The molecule has 0 aromatic heterocycles. The number of anilines is 1. The van der Waals surface area contributed by atoms with E-state index in [0.29, 0.717) is 24.4 Å². The predicted octanol–water partition coefficient (Wildman–Crippen LogP) is 2.87. The maximum atomic E-state index is 12.9. The summed E-state index contributed by atoms with van der Waals surface area (Å²) in [5.74, 6) is -1.45. The summed E-state index contributed by atoms with van der Waals surface area (Å²) in [6.45, 7) is 0.467. The molecule has 2 aromatic carbocycles. The van der Waals surface area contributed by atoms with Crippen LogP contribution in [0.5, 0.6) is 5.75 Å². The quantitative estimate of drug-likeness (QED) is 0.448. The van der Waals surface area contributed by atoms with Crippen molar-refractivity contribution in [3.63, 3.8) is 0 Å². The van der Waals surface area contributed by atoms with Crippen LogP contribution in [0.4, 0.5) is 5.69 Å². The standard InChI is InChI=1S/C23H23N3O6S/c24-15-18(13-17-7-9-20(10-8-17)32-16-22(27)28)23(29)25-19-5-4-6-21(14-19)33(30,31)26-11-2-1-3-12-26/h4-10,13-14H,1-3,11-12,16H2,(H,25,29)(H,27,28)/b18-13+. The number of benzene rings is 2. The molecule has 33 heavy (non-hydrogen) atoms. The fourth-order valence-electron chi connectivity index (χ4n) is 3.31. The van der Waals surface area contributed by atoms with Crippen LogP contribution < -0.4 is 10.1 Å². The number of carboxylic acid groups (broad SMARTS) is 1. The fraction of sp³-hybridized carbons (Fsp3) is 0.261. The number of rotatable bonds is 8. The summed E-state index contributed by atoms with van der Waals surface area (Å²) in [7, 11) is -3.66. The van der Waals surface area contributed by atoms with Crippen molar-refractivity contribution in [2.75, 3.05) is 25.0 Å². The summed E-state index contributed by atoms with van der Waals surface area (Å²) in [6, 6.07) is 14.0. The van der Waals surface area contributed by atoms with E-state index in [-0.39, 0.29) is 16.2 Å². The number of carbonyl (C=O) groups is 2. The van der Waals surface area contributed by atoms with Crippen LogP contribution >= 0.6 is 0 Å². The van der Waals surface area contributed by atoms with E-state index in [0.717, 1.165) is 19.3 Å². The van der Waals surface area contributed by atoms with Gasteiger partial charge in [-0.3, -0.25) is 4.79 Å². The van der Waals surface area contributed by atoms with Crippen LogP contribution in [-0.2, 0) is 19.6 Å². The first-order valence-electron chi connectivity index (χ1n) is 10.3. The fourth-order valence-corrected chi connectivity index (χ4v) is 4.87. The molecule has 0 unspecified atom stereocenters. The van der Waals surface area contributed by atoms with Gasteiger partial charge < -0.3 is 15.2 Å². The SMILES string of the molecule is N#C/C(=C\c1ccc(OCC(=O)O)cc1)C(=O)Nc1cccc(S(=O)(=O)N2CCCCC2)c1. The van der Waals surface area contributed by atoms with Crippen molar-refractivity contribution in [2.24, 2.45) is 0 Å².